The van der Waals surface area contributed by atoms with Crippen LogP contribution in [0.25, 0.3) is 5.82 Å². The lowest BCUT2D eigenvalue weighted by atomic mass is 9.86. The molecule has 18 heteroatoms. The summed E-state index contributed by atoms with van der Waals surface area (Å²) in [5.74, 6) is 1.26. The molecule has 9 rings (SSSR count). The molecule has 0 radical (unpaired) electrons. The number of likely N-dealkylation sites (tertiary alicyclic amines) is 2. The summed E-state index contributed by atoms with van der Waals surface area (Å²) in [4.78, 5) is 51.5. The van der Waals surface area contributed by atoms with Crippen molar-refractivity contribution >= 4 is 58.2 Å². The van der Waals surface area contributed by atoms with E-state index in [9.17, 15) is 9.59 Å². The number of pyridine rings is 4. The molecule has 7 heterocycles. The summed E-state index contributed by atoms with van der Waals surface area (Å²) < 4.78 is 14.1. The van der Waals surface area contributed by atoms with Gasteiger partial charge in [-0.15, -0.1) is 0 Å². The third kappa shape index (κ3) is 11.5. The van der Waals surface area contributed by atoms with Crippen molar-refractivity contribution in [3.8, 4) is 29.7 Å². The van der Waals surface area contributed by atoms with Crippen molar-refractivity contribution in [2.75, 3.05) is 26.2 Å². The lowest BCUT2D eigenvalue weighted by molar-refractivity contribution is 0.0760. The van der Waals surface area contributed by atoms with E-state index in [4.69, 9.17) is 66.4 Å². The second-order valence-electron chi connectivity index (χ2n) is 17.1. The number of nitrogens with zero attached hydrogens (tertiary/aromatic N) is 10. The molecular weight excluding hydrogens is 970 g/mol. The fourth-order valence-corrected chi connectivity index (χ4v) is 9.43. The minimum absolute atomic E-state index is 0.00475. The Morgan fingerprint density at radius 2 is 1.16 bits per heavy atom. The van der Waals surface area contributed by atoms with Crippen LogP contribution in [0.5, 0.6) is 11.8 Å². The van der Waals surface area contributed by atoms with Crippen LogP contribution in [0.15, 0.2) is 129 Å². The topological polar surface area (TPSA) is 176 Å². The van der Waals surface area contributed by atoms with Gasteiger partial charge in [0.2, 0.25) is 11.8 Å². The van der Waals surface area contributed by atoms with E-state index in [1.807, 2.05) is 67.0 Å². The van der Waals surface area contributed by atoms with Gasteiger partial charge in [-0.05, 0) is 92.1 Å². The first kappa shape index (κ1) is 49.4. The highest BCUT2D eigenvalue weighted by Gasteiger charge is 2.42. The molecule has 2 aliphatic heterocycles. The molecule has 14 nitrogen and oxygen atoms in total. The van der Waals surface area contributed by atoms with Crippen molar-refractivity contribution in [3.63, 3.8) is 0 Å². The number of imidazole rings is 1. The van der Waals surface area contributed by atoms with Gasteiger partial charge in [0.25, 0.3) is 11.8 Å². The summed E-state index contributed by atoms with van der Waals surface area (Å²) in [5.41, 5.74) is 4.89. The van der Waals surface area contributed by atoms with Crippen LogP contribution in [0.4, 0.5) is 0 Å². The maximum atomic E-state index is 13.5. The summed E-state index contributed by atoms with van der Waals surface area (Å²) in [5, 5.41) is 19.9. The van der Waals surface area contributed by atoms with Crippen molar-refractivity contribution in [3.05, 3.63) is 188 Å². The lowest BCUT2D eigenvalue weighted by Gasteiger charge is -2.25. The van der Waals surface area contributed by atoms with E-state index in [0.717, 1.165) is 16.7 Å². The first-order valence-electron chi connectivity index (χ1n) is 22.2. The van der Waals surface area contributed by atoms with E-state index in [-0.39, 0.29) is 47.7 Å². The second kappa shape index (κ2) is 22.1. The quantitative estimate of drug-likeness (QED) is 0.121. The molecule has 6 unspecified atom stereocenters. The molecular formula is C52H44Cl4N10O4. The summed E-state index contributed by atoms with van der Waals surface area (Å²) in [7, 11) is 0. The number of amides is 2. The molecule has 2 aliphatic rings. The zero-order valence-corrected chi connectivity index (χ0v) is 41.1. The SMILES string of the molecule is CC(Oc1ccc(C#N)cn1)C1CN(C(=O)c2ccc(-n3ccnc3)nc2)CC1c1ccc(Cl)c(Cl)c1.Cc1cncc(C(=O)N2CC(c3ccc(Cl)c(Cl)c3)C(C(C)Oc3ccc(C#N)cn3)C2)c1. The van der Waals surface area contributed by atoms with Crippen LogP contribution in [-0.4, -0.2) is 89.5 Å². The van der Waals surface area contributed by atoms with E-state index >= 15 is 0 Å². The van der Waals surface area contributed by atoms with E-state index < -0.39 is 0 Å². The summed E-state index contributed by atoms with van der Waals surface area (Å²) in [6.07, 6.45) is 12.4. The average molecular weight is 1010 g/mol. The number of carbonyl (C=O) groups is 2. The van der Waals surface area contributed by atoms with E-state index in [1.165, 1.54) is 12.4 Å². The Labute approximate surface area is 425 Å². The number of hydrogen-bond donors (Lipinski definition) is 0. The number of aryl methyl sites for hydroxylation is 1. The number of carbonyl (C=O) groups excluding carboxylic acids is 2. The molecule has 2 amide bonds. The highest BCUT2D eigenvalue weighted by molar-refractivity contribution is 6.42. The summed E-state index contributed by atoms with van der Waals surface area (Å²) in [6, 6.07) is 27.3. The molecule has 0 bridgehead atoms. The molecule has 354 valence electrons. The Morgan fingerprint density at radius 1 is 0.614 bits per heavy atom. The van der Waals surface area contributed by atoms with Crippen LogP contribution >= 0.6 is 46.4 Å². The molecule has 2 aromatic carbocycles. The predicted octanol–water partition coefficient (Wildman–Crippen LogP) is 10.5. The Morgan fingerprint density at radius 3 is 1.59 bits per heavy atom. The number of hydrogen-bond acceptors (Lipinski definition) is 11. The smallest absolute Gasteiger partial charge is 0.255 e. The molecule has 0 spiro atoms. The molecule has 0 N–H and O–H groups in total. The van der Waals surface area contributed by atoms with Crippen molar-refractivity contribution in [1.82, 2.24) is 39.3 Å². The van der Waals surface area contributed by atoms with Crippen molar-refractivity contribution in [2.45, 2.75) is 44.8 Å². The van der Waals surface area contributed by atoms with Crippen LogP contribution in [0, 0.1) is 41.4 Å². The molecule has 2 saturated heterocycles. The van der Waals surface area contributed by atoms with Crippen LogP contribution in [0.3, 0.4) is 0 Å². The lowest BCUT2D eigenvalue weighted by Crippen LogP contribution is -2.32. The zero-order chi connectivity index (χ0) is 49.5. The van der Waals surface area contributed by atoms with Gasteiger partial charge in [-0.3, -0.25) is 19.1 Å². The normalized spacial score (nSPS) is 18.2. The van der Waals surface area contributed by atoms with Crippen LogP contribution in [0.2, 0.25) is 20.1 Å². The van der Waals surface area contributed by atoms with E-state index in [1.54, 1.807) is 90.4 Å². The second-order valence-corrected chi connectivity index (χ2v) is 18.7. The largest absolute Gasteiger partial charge is 0.474 e. The Bertz CT molecular complexity index is 3060. The predicted molar refractivity (Wildman–Crippen MR) is 266 cm³/mol. The van der Waals surface area contributed by atoms with Gasteiger partial charge in [-0.1, -0.05) is 58.5 Å². The van der Waals surface area contributed by atoms with E-state index in [2.05, 4.69) is 31.0 Å². The Hall–Kier alpha value is -7.07. The van der Waals surface area contributed by atoms with E-state index in [0.29, 0.717) is 86.1 Å². The highest BCUT2D eigenvalue weighted by Crippen LogP contribution is 2.40. The Balaban J connectivity index is 0.000000190. The molecule has 2 fully saturated rings. The molecule has 0 aliphatic carbocycles. The fraction of sp³-hybridized carbons (Fsp3) is 0.250. The molecule has 7 aromatic rings. The van der Waals surface area contributed by atoms with Crippen molar-refractivity contribution < 1.29 is 19.1 Å². The van der Waals surface area contributed by atoms with Gasteiger partial charge >= 0.3 is 0 Å². The first-order valence-corrected chi connectivity index (χ1v) is 23.7. The van der Waals surface area contributed by atoms with Crippen LogP contribution in [-0.2, 0) is 0 Å². The minimum atomic E-state index is -0.278. The Kier molecular flexibility index (Phi) is 15.6. The third-order valence-corrected chi connectivity index (χ3v) is 14.0. The van der Waals surface area contributed by atoms with Gasteiger partial charge < -0.3 is 19.3 Å². The third-order valence-electron chi connectivity index (χ3n) is 12.5. The summed E-state index contributed by atoms with van der Waals surface area (Å²) in [6.45, 7) is 7.83. The maximum Gasteiger partial charge on any atom is 0.255 e. The minimum Gasteiger partial charge on any atom is -0.474 e. The number of benzene rings is 2. The van der Waals surface area contributed by atoms with Gasteiger partial charge in [0, 0.05) is 105 Å². The fourth-order valence-electron chi connectivity index (χ4n) is 8.82. The van der Waals surface area contributed by atoms with Crippen LogP contribution in [0.1, 0.15) is 74.2 Å². The van der Waals surface area contributed by atoms with Gasteiger partial charge in [-0.25, -0.2) is 19.9 Å². The molecule has 70 heavy (non-hydrogen) atoms. The number of nitriles is 2. The van der Waals surface area contributed by atoms with Gasteiger partial charge in [0.05, 0.1) is 42.3 Å². The molecule has 6 atom stereocenters. The molecule has 5 aromatic heterocycles. The summed E-state index contributed by atoms with van der Waals surface area (Å²) >= 11 is 24.9. The number of rotatable bonds is 11. The van der Waals surface area contributed by atoms with Gasteiger partial charge in [-0.2, -0.15) is 10.5 Å². The zero-order valence-electron chi connectivity index (χ0n) is 38.0. The number of ether oxygens (including phenoxy) is 2. The maximum absolute atomic E-state index is 13.5. The highest BCUT2D eigenvalue weighted by atomic mass is 35.5. The van der Waals surface area contributed by atoms with Crippen LogP contribution < -0.4 is 9.47 Å². The monoisotopic (exact) mass is 1010 g/mol. The molecule has 0 saturated carbocycles. The van der Waals surface area contributed by atoms with Crippen molar-refractivity contribution in [2.24, 2.45) is 11.8 Å². The number of halogens is 4. The van der Waals surface area contributed by atoms with Gasteiger partial charge in [0.15, 0.2) is 0 Å². The standard InChI is InChI=1S/C27H22Cl2N6O2.C25H22Cl2N4O2/c1-17(37-26-7-2-18(11-30)12-33-26)21-14-35(15-22(21)19-3-5-23(28)24(29)10-19)27(36)20-4-6-25(32-13-20)34-9-8-31-16-34;1-15-7-19(12-29-10-15)25(32)31-13-20(16(2)33-24-6-3-17(9-28)11-30-24)21(14-31)18-4-5-22(26)23(27)8-18/h2-10,12-13,16-17,21-22H,14-15H2,1H3;3-8,10-12,16,20-21H,13-14H2,1-2H3. The average Bonchev–Trinajstić information content (AvgIpc) is 4.18. The van der Waals surface area contributed by atoms with Gasteiger partial charge in [0.1, 0.15) is 36.5 Å². The first-order chi connectivity index (χ1) is 33.8. The number of aromatic nitrogens is 6. The van der Waals surface area contributed by atoms with Crippen molar-refractivity contribution in [1.29, 1.82) is 10.5 Å².